The Bertz CT molecular complexity index is 874. The highest BCUT2D eigenvalue weighted by Gasteiger charge is 2.10. The van der Waals surface area contributed by atoms with Crippen molar-refractivity contribution in [2.24, 2.45) is 0 Å². The van der Waals surface area contributed by atoms with Crippen molar-refractivity contribution >= 4 is 33.7 Å². The predicted molar refractivity (Wildman–Crippen MR) is 109 cm³/mol. The molecule has 0 aliphatic rings. The van der Waals surface area contributed by atoms with Crippen LogP contribution in [0.3, 0.4) is 0 Å². The van der Waals surface area contributed by atoms with Gasteiger partial charge in [0, 0.05) is 17.4 Å². The largest absolute Gasteiger partial charge is 0.487 e. The first-order valence-corrected chi connectivity index (χ1v) is 10.6. The first-order chi connectivity index (χ1) is 13.1. The molecule has 0 atom stereocenters. The Balaban J connectivity index is 1.51. The minimum absolute atomic E-state index is 0.201. The van der Waals surface area contributed by atoms with Crippen LogP contribution < -0.4 is 10.1 Å². The second-order valence-corrected chi connectivity index (χ2v) is 8.21. The van der Waals surface area contributed by atoms with Crippen LogP contribution in [0.15, 0.2) is 29.6 Å². The molecule has 2 aromatic heterocycles. The summed E-state index contributed by atoms with van der Waals surface area (Å²) in [6.45, 7) is 4.55. The fourth-order valence-corrected chi connectivity index (χ4v) is 3.81. The number of thiazole rings is 1. The number of hydrogen-bond acceptors (Lipinski definition) is 7. The lowest BCUT2D eigenvalue weighted by Crippen LogP contribution is -2.11. The number of rotatable bonds is 9. The van der Waals surface area contributed by atoms with E-state index in [9.17, 15) is 4.79 Å². The van der Waals surface area contributed by atoms with Gasteiger partial charge in [-0.05, 0) is 37.6 Å². The Labute approximate surface area is 166 Å². The molecule has 3 rings (SSSR count). The van der Waals surface area contributed by atoms with Crippen LogP contribution in [-0.4, -0.2) is 21.1 Å². The summed E-state index contributed by atoms with van der Waals surface area (Å²) in [6, 6.07) is 7.04. The lowest BCUT2D eigenvalue weighted by atomic mass is 10.2. The second kappa shape index (κ2) is 9.57. The molecule has 0 spiro atoms. The summed E-state index contributed by atoms with van der Waals surface area (Å²) in [5.41, 5.74) is 1.46. The topological polar surface area (TPSA) is 77.0 Å². The van der Waals surface area contributed by atoms with Gasteiger partial charge in [0.15, 0.2) is 0 Å². The quantitative estimate of drug-likeness (QED) is 0.517. The monoisotopic (exact) mass is 402 g/mol. The van der Waals surface area contributed by atoms with Crippen molar-refractivity contribution in [1.29, 1.82) is 0 Å². The van der Waals surface area contributed by atoms with Crippen molar-refractivity contribution in [3.05, 3.63) is 50.9 Å². The minimum Gasteiger partial charge on any atom is -0.487 e. The second-order valence-electron chi connectivity index (χ2n) is 6.08. The average Bonchev–Trinajstić information content (AvgIpc) is 3.29. The van der Waals surface area contributed by atoms with Gasteiger partial charge < -0.3 is 4.74 Å². The normalized spacial score (nSPS) is 10.7. The molecule has 1 amide bonds. The van der Waals surface area contributed by atoms with Crippen LogP contribution in [0.25, 0.3) is 0 Å². The van der Waals surface area contributed by atoms with E-state index in [1.54, 1.807) is 35.6 Å². The maximum Gasteiger partial charge on any atom is 0.257 e. The molecule has 1 aromatic carbocycles. The maximum absolute atomic E-state index is 12.4. The Hall–Kier alpha value is -2.32. The van der Waals surface area contributed by atoms with Crippen molar-refractivity contribution in [2.45, 2.75) is 46.1 Å². The van der Waals surface area contributed by atoms with Crippen LogP contribution in [0, 0.1) is 6.92 Å². The van der Waals surface area contributed by atoms with E-state index in [-0.39, 0.29) is 5.91 Å². The van der Waals surface area contributed by atoms with Gasteiger partial charge in [-0.2, -0.15) is 0 Å². The van der Waals surface area contributed by atoms with Gasteiger partial charge in [0.05, 0.1) is 10.7 Å². The first-order valence-electron chi connectivity index (χ1n) is 8.91. The molecule has 8 heteroatoms. The van der Waals surface area contributed by atoms with E-state index in [0.717, 1.165) is 28.6 Å². The summed E-state index contributed by atoms with van der Waals surface area (Å²) < 4.78 is 5.70. The summed E-state index contributed by atoms with van der Waals surface area (Å²) >= 11 is 3.03. The Kier molecular flexibility index (Phi) is 6.89. The fourth-order valence-electron chi connectivity index (χ4n) is 2.44. The number of benzene rings is 1. The van der Waals surface area contributed by atoms with Crippen LogP contribution in [0.4, 0.5) is 5.13 Å². The van der Waals surface area contributed by atoms with Crippen molar-refractivity contribution in [2.75, 3.05) is 5.32 Å². The third kappa shape index (κ3) is 5.83. The standard InChI is InChI=1S/C19H22N4O2S2/c1-3-4-5-6-17-22-23-19(27-17)21-18(24)14-7-9-16(10-8-14)25-11-15-12-26-13(2)20-15/h7-10,12H,3-6,11H2,1-2H3,(H,21,23,24). The van der Waals surface area contributed by atoms with E-state index < -0.39 is 0 Å². The summed E-state index contributed by atoms with van der Waals surface area (Å²) in [6.07, 6.45) is 4.36. The Morgan fingerprint density at radius 2 is 2.00 bits per heavy atom. The van der Waals surface area contributed by atoms with Gasteiger partial charge in [-0.25, -0.2) is 4.98 Å². The number of carbonyl (C=O) groups excluding carboxylic acids is 1. The number of ether oxygens (including phenoxy) is 1. The summed E-state index contributed by atoms with van der Waals surface area (Å²) in [4.78, 5) is 16.7. The highest BCUT2D eigenvalue weighted by atomic mass is 32.1. The van der Waals surface area contributed by atoms with E-state index in [1.165, 1.54) is 24.2 Å². The number of nitrogens with one attached hydrogen (secondary N) is 1. The molecular formula is C19H22N4O2S2. The van der Waals surface area contributed by atoms with Crippen molar-refractivity contribution in [3.8, 4) is 5.75 Å². The third-order valence-corrected chi connectivity index (χ3v) is 5.57. The van der Waals surface area contributed by atoms with Gasteiger partial charge >= 0.3 is 0 Å². The fraction of sp³-hybridized carbons (Fsp3) is 0.368. The molecule has 142 valence electrons. The SMILES string of the molecule is CCCCCc1nnc(NC(=O)c2ccc(OCc3csc(C)n3)cc2)s1. The number of amides is 1. The molecule has 0 aliphatic carbocycles. The molecule has 0 radical (unpaired) electrons. The molecule has 0 unspecified atom stereocenters. The van der Waals surface area contributed by atoms with Crippen LogP contribution in [0.2, 0.25) is 0 Å². The average molecular weight is 403 g/mol. The molecule has 6 nitrogen and oxygen atoms in total. The first kappa shape index (κ1) is 19.4. The van der Waals surface area contributed by atoms with Gasteiger partial charge in [0.1, 0.15) is 17.4 Å². The van der Waals surface area contributed by atoms with E-state index in [0.29, 0.717) is 23.1 Å². The molecule has 27 heavy (non-hydrogen) atoms. The van der Waals surface area contributed by atoms with Crippen LogP contribution in [-0.2, 0) is 13.0 Å². The molecule has 3 aromatic rings. The van der Waals surface area contributed by atoms with Gasteiger partial charge in [-0.1, -0.05) is 31.1 Å². The van der Waals surface area contributed by atoms with Crippen molar-refractivity contribution < 1.29 is 9.53 Å². The number of nitrogens with zero attached hydrogens (tertiary/aromatic N) is 3. The molecule has 0 saturated heterocycles. The van der Waals surface area contributed by atoms with Crippen LogP contribution in [0.5, 0.6) is 5.75 Å². The molecule has 0 aliphatic heterocycles. The molecule has 0 saturated carbocycles. The Morgan fingerprint density at radius 3 is 2.70 bits per heavy atom. The third-order valence-electron chi connectivity index (χ3n) is 3.85. The zero-order valence-electron chi connectivity index (χ0n) is 15.4. The number of aryl methyl sites for hydroxylation is 2. The van der Waals surface area contributed by atoms with Crippen molar-refractivity contribution in [3.63, 3.8) is 0 Å². The van der Waals surface area contributed by atoms with Gasteiger partial charge in [0.25, 0.3) is 5.91 Å². The molecular weight excluding hydrogens is 380 g/mol. The van der Waals surface area contributed by atoms with E-state index in [1.807, 2.05) is 12.3 Å². The maximum atomic E-state index is 12.4. The predicted octanol–water partition coefficient (Wildman–Crippen LogP) is 4.87. The van der Waals surface area contributed by atoms with Gasteiger partial charge in [-0.15, -0.1) is 21.5 Å². The zero-order valence-corrected chi connectivity index (χ0v) is 17.0. The van der Waals surface area contributed by atoms with Gasteiger partial charge in [0.2, 0.25) is 5.13 Å². The lowest BCUT2D eigenvalue weighted by molar-refractivity contribution is 0.102. The number of hydrogen-bond donors (Lipinski definition) is 1. The van der Waals surface area contributed by atoms with E-state index in [2.05, 4.69) is 27.4 Å². The summed E-state index contributed by atoms with van der Waals surface area (Å²) in [7, 11) is 0. The van der Waals surface area contributed by atoms with Crippen LogP contribution >= 0.6 is 22.7 Å². The highest BCUT2D eigenvalue weighted by Crippen LogP contribution is 2.20. The number of unbranched alkanes of at least 4 members (excludes halogenated alkanes) is 2. The molecule has 1 N–H and O–H groups in total. The number of aromatic nitrogens is 3. The minimum atomic E-state index is -0.201. The van der Waals surface area contributed by atoms with Crippen LogP contribution in [0.1, 0.15) is 52.3 Å². The Morgan fingerprint density at radius 1 is 1.19 bits per heavy atom. The molecule has 0 fully saturated rings. The molecule has 0 bridgehead atoms. The van der Waals surface area contributed by atoms with Gasteiger partial charge in [-0.3, -0.25) is 10.1 Å². The number of carbonyl (C=O) groups is 1. The molecule has 2 heterocycles. The smallest absolute Gasteiger partial charge is 0.257 e. The van der Waals surface area contributed by atoms with E-state index in [4.69, 9.17) is 4.74 Å². The van der Waals surface area contributed by atoms with E-state index >= 15 is 0 Å². The highest BCUT2D eigenvalue weighted by molar-refractivity contribution is 7.15. The zero-order chi connectivity index (χ0) is 19.1. The number of anilines is 1. The van der Waals surface area contributed by atoms with Crippen molar-refractivity contribution in [1.82, 2.24) is 15.2 Å². The summed E-state index contributed by atoms with van der Waals surface area (Å²) in [5.74, 6) is 0.499. The summed E-state index contributed by atoms with van der Waals surface area (Å²) in [5, 5.41) is 15.5. The lowest BCUT2D eigenvalue weighted by Gasteiger charge is -2.05.